The molecule has 0 aliphatic heterocycles. The molecule has 1 nitrogen and oxygen atoms in total. The van der Waals surface area contributed by atoms with Crippen LogP contribution in [0.5, 0.6) is 0 Å². The average molecular weight is 253 g/mol. The predicted molar refractivity (Wildman–Crippen MR) is 77.6 cm³/mol. The highest BCUT2D eigenvalue weighted by Gasteiger charge is 1.92. The van der Waals surface area contributed by atoms with Crippen molar-refractivity contribution in [3.05, 3.63) is 43.0 Å². The first kappa shape index (κ1) is 13.7. The second-order valence-electron chi connectivity index (χ2n) is 3.28. The van der Waals surface area contributed by atoms with E-state index in [0.29, 0.717) is 0 Å². The lowest BCUT2D eigenvalue weighted by Crippen LogP contribution is -2.20. The number of hydrogen-bond acceptors (Lipinski definition) is 3. The fraction of sp³-hybridized carbons (Fsp3) is 0.385. The van der Waals surface area contributed by atoms with Gasteiger partial charge in [-0.1, -0.05) is 24.3 Å². The summed E-state index contributed by atoms with van der Waals surface area (Å²) in [6.45, 7) is 5.87. The molecule has 1 N–H and O–H groups in total. The zero-order chi connectivity index (χ0) is 11.5. The molecule has 0 saturated heterocycles. The Balaban J connectivity index is 1.90. The van der Waals surface area contributed by atoms with E-state index in [4.69, 9.17) is 0 Å². The first-order valence-corrected chi connectivity index (χ1v) is 7.64. The van der Waals surface area contributed by atoms with Gasteiger partial charge in [-0.2, -0.15) is 11.8 Å². The van der Waals surface area contributed by atoms with Crippen molar-refractivity contribution in [1.82, 2.24) is 5.32 Å². The number of benzene rings is 1. The molecular weight excluding hydrogens is 234 g/mol. The molecule has 0 heterocycles. The maximum Gasteiger partial charge on any atom is 0.0111 e. The van der Waals surface area contributed by atoms with E-state index in [1.807, 2.05) is 29.6 Å². The SMILES string of the molecule is C=CCSCCNCCSc1ccccc1. The van der Waals surface area contributed by atoms with Gasteiger partial charge in [0, 0.05) is 35.2 Å². The van der Waals surface area contributed by atoms with Crippen LogP contribution in [0.4, 0.5) is 0 Å². The lowest BCUT2D eigenvalue weighted by Gasteiger charge is -2.04. The van der Waals surface area contributed by atoms with E-state index >= 15 is 0 Å². The summed E-state index contributed by atoms with van der Waals surface area (Å²) in [5.74, 6) is 3.36. The molecule has 0 radical (unpaired) electrons. The third kappa shape index (κ3) is 6.99. The maximum absolute atomic E-state index is 3.70. The largest absolute Gasteiger partial charge is 0.315 e. The Labute approximate surface area is 107 Å². The molecule has 0 atom stereocenters. The van der Waals surface area contributed by atoms with Gasteiger partial charge in [-0.05, 0) is 12.1 Å². The van der Waals surface area contributed by atoms with Crippen molar-refractivity contribution in [2.75, 3.05) is 30.3 Å². The molecule has 0 saturated carbocycles. The van der Waals surface area contributed by atoms with Crippen LogP contribution in [-0.2, 0) is 0 Å². The molecule has 88 valence electrons. The normalized spacial score (nSPS) is 10.2. The fourth-order valence-corrected chi connectivity index (χ4v) is 2.65. The van der Waals surface area contributed by atoms with Crippen molar-refractivity contribution >= 4 is 23.5 Å². The zero-order valence-corrected chi connectivity index (χ0v) is 11.2. The summed E-state index contributed by atoms with van der Waals surface area (Å²) in [7, 11) is 0. The molecule has 0 bridgehead atoms. The van der Waals surface area contributed by atoms with Crippen LogP contribution in [0.2, 0.25) is 0 Å². The molecular formula is C13H19NS2. The van der Waals surface area contributed by atoms with E-state index in [1.165, 1.54) is 10.6 Å². The summed E-state index contributed by atoms with van der Waals surface area (Å²) >= 11 is 3.82. The molecule has 0 aliphatic carbocycles. The Hall–Kier alpha value is -0.380. The summed E-state index contributed by atoms with van der Waals surface area (Å²) in [6, 6.07) is 10.5. The predicted octanol–water partition coefficient (Wildman–Crippen LogP) is 3.29. The third-order valence-corrected chi connectivity index (χ3v) is 3.93. The summed E-state index contributed by atoms with van der Waals surface area (Å²) in [6.07, 6.45) is 1.95. The van der Waals surface area contributed by atoms with Crippen molar-refractivity contribution in [2.24, 2.45) is 0 Å². The van der Waals surface area contributed by atoms with Gasteiger partial charge < -0.3 is 5.32 Å². The van der Waals surface area contributed by atoms with E-state index in [-0.39, 0.29) is 0 Å². The van der Waals surface area contributed by atoms with Crippen molar-refractivity contribution in [3.63, 3.8) is 0 Å². The third-order valence-electron chi connectivity index (χ3n) is 1.95. The van der Waals surface area contributed by atoms with Crippen LogP contribution in [0.15, 0.2) is 47.9 Å². The van der Waals surface area contributed by atoms with Gasteiger partial charge in [0.05, 0.1) is 0 Å². The van der Waals surface area contributed by atoms with Crippen molar-refractivity contribution in [3.8, 4) is 0 Å². The Bertz CT molecular complexity index is 275. The van der Waals surface area contributed by atoms with Gasteiger partial charge in [0.1, 0.15) is 0 Å². The standard InChI is InChI=1S/C13H19NS2/c1-2-10-15-11-8-14-9-12-16-13-6-4-3-5-7-13/h2-7,14H,1,8-12H2. The minimum absolute atomic E-state index is 1.06. The topological polar surface area (TPSA) is 12.0 Å². The summed E-state index contributed by atoms with van der Waals surface area (Å²) < 4.78 is 0. The van der Waals surface area contributed by atoms with Gasteiger partial charge >= 0.3 is 0 Å². The van der Waals surface area contributed by atoms with E-state index in [9.17, 15) is 0 Å². The second-order valence-corrected chi connectivity index (χ2v) is 5.59. The molecule has 1 rings (SSSR count). The molecule has 1 aromatic carbocycles. The first-order chi connectivity index (χ1) is 7.93. The average Bonchev–Trinajstić information content (AvgIpc) is 2.34. The molecule has 1 aromatic rings. The highest BCUT2D eigenvalue weighted by molar-refractivity contribution is 7.99. The Kier molecular flexibility index (Phi) is 8.40. The Morgan fingerprint density at radius 2 is 1.88 bits per heavy atom. The molecule has 0 amide bonds. The molecule has 0 fully saturated rings. The molecule has 3 heteroatoms. The van der Waals surface area contributed by atoms with Crippen LogP contribution in [-0.4, -0.2) is 30.3 Å². The van der Waals surface area contributed by atoms with Gasteiger partial charge in [0.2, 0.25) is 0 Å². The highest BCUT2D eigenvalue weighted by atomic mass is 32.2. The van der Waals surface area contributed by atoms with Crippen LogP contribution in [0, 0.1) is 0 Å². The number of hydrogen-bond donors (Lipinski definition) is 1. The smallest absolute Gasteiger partial charge is 0.0111 e. The zero-order valence-electron chi connectivity index (χ0n) is 9.52. The van der Waals surface area contributed by atoms with E-state index in [2.05, 4.69) is 42.2 Å². The lowest BCUT2D eigenvalue weighted by atomic mass is 10.4. The van der Waals surface area contributed by atoms with Crippen molar-refractivity contribution < 1.29 is 0 Å². The second kappa shape index (κ2) is 9.82. The molecule has 0 unspecified atom stereocenters. The van der Waals surface area contributed by atoms with Crippen molar-refractivity contribution in [2.45, 2.75) is 4.90 Å². The van der Waals surface area contributed by atoms with Crippen LogP contribution in [0.25, 0.3) is 0 Å². The minimum Gasteiger partial charge on any atom is -0.315 e. The van der Waals surface area contributed by atoms with Crippen molar-refractivity contribution in [1.29, 1.82) is 0 Å². The fourth-order valence-electron chi connectivity index (χ4n) is 1.19. The number of rotatable bonds is 9. The number of nitrogens with one attached hydrogen (secondary N) is 1. The summed E-state index contributed by atoms with van der Waals surface area (Å²) in [4.78, 5) is 1.35. The summed E-state index contributed by atoms with van der Waals surface area (Å²) in [5.41, 5.74) is 0. The molecule has 0 spiro atoms. The van der Waals surface area contributed by atoms with Crippen LogP contribution < -0.4 is 5.32 Å². The Morgan fingerprint density at radius 3 is 2.62 bits per heavy atom. The monoisotopic (exact) mass is 253 g/mol. The lowest BCUT2D eigenvalue weighted by molar-refractivity contribution is 0.774. The van der Waals surface area contributed by atoms with E-state index in [0.717, 1.165) is 24.6 Å². The van der Waals surface area contributed by atoms with E-state index in [1.54, 1.807) is 0 Å². The van der Waals surface area contributed by atoms with Gasteiger partial charge in [-0.3, -0.25) is 0 Å². The first-order valence-electron chi connectivity index (χ1n) is 5.50. The van der Waals surface area contributed by atoms with Gasteiger partial charge in [-0.15, -0.1) is 18.3 Å². The maximum atomic E-state index is 3.70. The number of thioether (sulfide) groups is 2. The Morgan fingerprint density at radius 1 is 1.12 bits per heavy atom. The van der Waals surface area contributed by atoms with Gasteiger partial charge in [0.15, 0.2) is 0 Å². The van der Waals surface area contributed by atoms with E-state index < -0.39 is 0 Å². The molecule has 16 heavy (non-hydrogen) atoms. The quantitative estimate of drug-likeness (QED) is 0.412. The summed E-state index contributed by atoms with van der Waals surface area (Å²) in [5, 5.41) is 3.44. The van der Waals surface area contributed by atoms with Crippen LogP contribution in [0.3, 0.4) is 0 Å². The van der Waals surface area contributed by atoms with Crippen LogP contribution in [0.1, 0.15) is 0 Å². The molecule has 0 aromatic heterocycles. The highest BCUT2D eigenvalue weighted by Crippen LogP contribution is 2.15. The molecule has 0 aliphatic rings. The van der Waals surface area contributed by atoms with Crippen LogP contribution >= 0.6 is 23.5 Å². The van der Waals surface area contributed by atoms with Gasteiger partial charge in [-0.25, -0.2) is 0 Å². The minimum atomic E-state index is 1.06. The van der Waals surface area contributed by atoms with Gasteiger partial charge in [0.25, 0.3) is 0 Å².